The van der Waals surface area contributed by atoms with Crippen molar-refractivity contribution in [2.75, 3.05) is 6.61 Å². The van der Waals surface area contributed by atoms with Gasteiger partial charge in [0, 0.05) is 16.1 Å². The molecular formula is C21H20FNO3S. The lowest BCUT2D eigenvalue weighted by molar-refractivity contribution is -0.129. The summed E-state index contributed by atoms with van der Waals surface area (Å²) in [7, 11) is 0. The van der Waals surface area contributed by atoms with Gasteiger partial charge >= 0.3 is 5.97 Å². The molecule has 0 unspecified atom stereocenters. The Hall–Kier alpha value is -2.65. The molecule has 0 atom stereocenters. The highest BCUT2D eigenvalue weighted by molar-refractivity contribution is 7.98. The van der Waals surface area contributed by atoms with E-state index in [1.807, 2.05) is 6.07 Å². The summed E-state index contributed by atoms with van der Waals surface area (Å²) in [4.78, 5) is 24.9. The minimum absolute atomic E-state index is 0.170. The predicted octanol–water partition coefficient (Wildman–Crippen LogP) is 4.76. The minimum atomic E-state index is -0.595. The van der Waals surface area contributed by atoms with Gasteiger partial charge < -0.3 is 4.74 Å². The van der Waals surface area contributed by atoms with Crippen molar-refractivity contribution in [3.8, 4) is 6.07 Å². The Morgan fingerprint density at radius 1 is 1.19 bits per heavy atom. The third-order valence-corrected chi connectivity index (χ3v) is 4.96. The van der Waals surface area contributed by atoms with E-state index in [4.69, 9.17) is 10.00 Å². The van der Waals surface area contributed by atoms with Gasteiger partial charge in [-0.1, -0.05) is 32.9 Å². The summed E-state index contributed by atoms with van der Waals surface area (Å²) in [5, 5.41) is 8.95. The van der Waals surface area contributed by atoms with Crippen LogP contribution in [0.15, 0.2) is 47.4 Å². The smallest absolute Gasteiger partial charge is 0.339 e. The van der Waals surface area contributed by atoms with Crippen molar-refractivity contribution < 1.29 is 18.7 Å². The first kappa shape index (κ1) is 20.7. The lowest BCUT2D eigenvalue weighted by atomic mass is 9.91. The molecule has 0 radical (unpaired) electrons. The van der Waals surface area contributed by atoms with Crippen molar-refractivity contribution in [2.24, 2.45) is 5.41 Å². The van der Waals surface area contributed by atoms with Crippen LogP contribution in [-0.2, 0) is 15.3 Å². The summed E-state index contributed by atoms with van der Waals surface area (Å²) in [6.45, 7) is 4.99. The van der Waals surface area contributed by atoms with E-state index in [-0.39, 0.29) is 18.1 Å². The zero-order valence-electron chi connectivity index (χ0n) is 15.4. The highest BCUT2D eigenvalue weighted by Crippen LogP contribution is 2.28. The average Bonchev–Trinajstić information content (AvgIpc) is 2.64. The number of nitrogens with zero attached hydrogens (tertiary/aromatic N) is 1. The number of carbonyl (C=O) groups is 2. The molecule has 0 aliphatic rings. The summed E-state index contributed by atoms with van der Waals surface area (Å²) in [6.07, 6.45) is 0. The van der Waals surface area contributed by atoms with Gasteiger partial charge in [-0.25, -0.2) is 9.18 Å². The molecule has 0 heterocycles. The quantitative estimate of drug-likeness (QED) is 0.530. The molecule has 0 aromatic heterocycles. The van der Waals surface area contributed by atoms with Crippen LogP contribution in [0.5, 0.6) is 0 Å². The number of benzene rings is 2. The van der Waals surface area contributed by atoms with Crippen LogP contribution >= 0.6 is 11.8 Å². The molecular weight excluding hydrogens is 365 g/mol. The van der Waals surface area contributed by atoms with Crippen molar-refractivity contribution in [1.82, 2.24) is 0 Å². The molecule has 0 aliphatic carbocycles. The second-order valence-corrected chi connectivity index (χ2v) is 7.97. The Balaban J connectivity index is 2.11. The van der Waals surface area contributed by atoms with Crippen LogP contribution < -0.4 is 0 Å². The van der Waals surface area contributed by atoms with E-state index in [1.54, 1.807) is 45.0 Å². The molecule has 2 aromatic carbocycles. The van der Waals surface area contributed by atoms with Gasteiger partial charge in [0.2, 0.25) is 0 Å². The number of esters is 1. The fraction of sp³-hybridized carbons (Fsp3) is 0.286. The Morgan fingerprint density at radius 3 is 2.56 bits per heavy atom. The number of ether oxygens (including phenoxy) is 1. The molecule has 0 fully saturated rings. The molecule has 0 N–H and O–H groups in total. The van der Waals surface area contributed by atoms with E-state index in [1.165, 1.54) is 30.0 Å². The van der Waals surface area contributed by atoms with Gasteiger partial charge in [0.25, 0.3) is 0 Å². The highest BCUT2D eigenvalue weighted by Gasteiger charge is 2.23. The summed E-state index contributed by atoms with van der Waals surface area (Å²) in [6, 6.07) is 12.9. The maximum absolute atomic E-state index is 13.9. The minimum Gasteiger partial charge on any atom is -0.454 e. The summed E-state index contributed by atoms with van der Waals surface area (Å²) < 4.78 is 19.1. The van der Waals surface area contributed by atoms with Crippen LogP contribution in [0.2, 0.25) is 0 Å². The lowest BCUT2D eigenvalue weighted by Gasteiger charge is -2.16. The van der Waals surface area contributed by atoms with E-state index >= 15 is 0 Å². The number of nitriles is 1. The van der Waals surface area contributed by atoms with Gasteiger partial charge in [-0.15, -0.1) is 11.8 Å². The van der Waals surface area contributed by atoms with Crippen molar-refractivity contribution in [1.29, 1.82) is 5.26 Å². The normalized spacial score (nSPS) is 10.9. The lowest BCUT2D eigenvalue weighted by Crippen LogP contribution is -2.26. The Morgan fingerprint density at radius 2 is 1.89 bits per heavy atom. The van der Waals surface area contributed by atoms with E-state index < -0.39 is 17.2 Å². The molecule has 2 rings (SSSR count). The number of ketones is 1. The zero-order valence-corrected chi connectivity index (χ0v) is 16.2. The van der Waals surface area contributed by atoms with Crippen LogP contribution in [-0.4, -0.2) is 18.4 Å². The molecule has 27 heavy (non-hydrogen) atoms. The number of hydrogen-bond acceptors (Lipinski definition) is 5. The van der Waals surface area contributed by atoms with E-state index in [0.717, 1.165) is 0 Å². The SMILES string of the molecule is CC(C)(C)C(=O)COC(=O)c1ccccc1SCc1cc(C#N)ccc1F. The van der Waals surface area contributed by atoms with Gasteiger partial charge in [0.1, 0.15) is 5.82 Å². The van der Waals surface area contributed by atoms with Crippen LogP contribution in [0.25, 0.3) is 0 Å². The number of halogens is 1. The van der Waals surface area contributed by atoms with E-state index in [9.17, 15) is 14.0 Å². The number of carbonyl (C=O) groups excluding carboxylic acids is 2. The van der Waals surface area contributed by atoms with Crippen LogP contribution in [0.4, 0.5) is 4.39 Å². The Bertz CT molecular complexity index is 897. The fourth-order valence-electron chi connectivity index (χ4n) is 2.10. The maximum atomic E-state index is 13.9. The second-order valence-electron chi connectivity index (χ2n) is 6.95. The van der Waals surface area contributed by atoms with E-state index in [2.05, 4.69) is 0 Å². The second kappa shape index (κ2) is 8.83. The van der Waals surface area contributed by atoms with Gasteiger partial charge in [-0.05, 0) is 35.9 Å². The van der Waals surface area contributed by atoms with Crippen LogP contribution in [0, 0.1) is 22.6 Å². The van der Waals surface area contributed by atoms with Gasteiger partial charge in [0.05, 0.1) is 17.2 Å². The van der Waals surface area contributed by atoms with Gasteiger partial charge in [0.15, 0.2) is 12.4 Å². The summed E-state index contributed by atoms with van der Waals surface area (Å²) in [5.41, 5.74) is 0.490. The van der Waals surface area contributed by atoms with Gasteiger partial charge in [-0.3, -0.25) is 4.79 Å². The molecule has 0 aliphatic heterocycles. The Labute approximate surface area is 162 Å². The molecule has 0 saturated heterocycles. The Kier molecular flexibility index (Phi) is 6.75. The molecule has 0 bridgehead atoms. The maximum Gasteiger partial charge on any atom is 0.339 e. The van der Waals surface area contributed by atoms with Crippen molar-refractivity contribution in [2.45, 2.75) is 31.4 Å². The third kappa shape index (κ3) is 5.66. The monoisotopic (exact) mass is 385 g/mol. The number of thioether (sulfide) groups is 1. The molecule has 0 amide bonds. The number of rotatable bonds is 6. The molecule has 140 valence electrons. The first-order valence-electron chi connectivity index (χ1n) is 8.33. The molecule has 4 nitrogen and oxygen atoms in total. The summed E-state index contributed by atoms with van der Waals surface area (Å²) in [5.74, 6) is -0.914. The fourth-order valence-corrected chi connectivity index (χ4v) is 3.11. The van der Waals surface area contributed by atoms with Crippen molar-refractivity contribution in [3.63, 3.8) is 0 Å². The topological polar surface area (TPSA) is 67.2 Å². The van der Waals surface area contributed by atoms with E-state index in [0.29, 0.717) is 21.6 Å². The van der Waals surface area contributed by atoms with Crippen molar-refractivity contribution in [3.05, 3.63) is 65.0 Å². The van der Waals surface area contributed by atoms with Crippen LogP contribution in [0.1, 0.15) is 42.3 Å². The molecule has 0 saturated carbocycles. The zero-order chi connectivity index (χ0) is 20.0. The highest BCUT2D eigenvalue weighted by atomic mass is 32.2. The standard InChI is InChI=1S/C21H20FNO3S/c1-21(2,3)19(24)12-26-20(25)16-6-4-5-7-18(16)27-13-15-10-14(11-23)8-9-17(15)22/h4-10H,12-13H2,1-3H3. The van der Waals surface area contributed by atoms with Gasteiger partial charge in [-0.2, -0.15) is 5.26 Å². The van der Waals surface area contributed by atoms with Crippen LogP contribution in [0.3, 0.4) is 0 Å². The first-order valence-corrected chi connectivity index (χ1v) is 9.31. The molecule has 2 aromatic rings. The summed E-state index contributed by atoms with van der Waals surface area (Å²) >= 11 is 1.27. The predicted molar refractivity (Wildman–Crippen MR) is 102 cm³/mol. The van der Waals surface area contributed by atoms with Crippen molar-refractivity contribution >= 4 is 23.5 Å². The largest absolute Gasteiger partial charge is 0.454 e. The number of Topliss-reactive ketones (excluding diaryl/α,β-unsaturated/α-hetero) is 1. The third-order valence-electron chi connectivity index (χ3n) is 3.84. The number of hydrogen-bond donors (Lipinski definition) is 0. The molecule has 0 spiro atoms. The molecule has 6 heteroatoms. The first-order chi connectivity index (χ1) is 12.7. The average molecular weight is 385 g/mol.